The molecule has 2 aliphatic rings. The molecule has 0 radical (unpaired) electrons. The number of likely N-dealkylation sites (tertiary alicyclic amines) is 2. The molecule has 41 heavy (non-hydrogen) atoms. The lowest BCUT2D eigenvalue weighted by molar-refractivity contribution is 0.163. The van der Waals surface area contributed by atoms with Crippen LogP contribution in [0.15, 0.2) is 65.8 Å². The Labute approximate surface area is 236 Å². The maximum atomic E-state index is 14.8. The van der Waals surface area contributed by atoms with E-state index in [-0.39, 0.29) is 29.7 Å². The van der Waals surface area contributed by atoms with Crippen molar-refractivity contribution in [3.05, 3.63) is 94.3 Å². The molecule has 2 atom stereocenters. The molecule has 0 unspecified atom stereocenters. The molecule has 1 aromatic carbocycles. The molecule has 5 heterocycles. The fourth-order valence-corrected chi connectivity index (χ4v) is 6.28. The van der Waals surface area contributed by atoms with E-state index in [9.17, 15) is 18.4 Å². The van der Waals surface area contributed by atoms with Crippen LogP contribution in [0.5, 0.6) is 0 Å². The number of piperidine rings is 1. The molecule has 214 valence electrons. The zero-order chi connectivity index (χ0) is 28.3. The highest BCUT2D eigenvalue weighted by Gasteiger charge is 2.31. The summed E-state index contributed by atoms with van der Waals surface area (Å²) in [6, 6.07) is 11.6. The summed E-state index contributed by atoms with van der Waals surface area (Å²) in [5.41, 5.74) is 2.55. The van der Waals surface area contributed by atoms with Gasteiger partial charge in [-0.3, -0.25) is 19.4 Å². The van der Waals surface area contributed by atoms with Crippen LogP contribution < -0.4 is 11.0 Å². The number of fused-ring (bicyclic) bond motifs is 1. The molecular formula is C30H33F2N7O2. The van der Waals surface area contributed by atoms with E-state index in [1.54, 1.807) is 40.2 Å². The minimum atomic E-state index is -0.843. The Bertz CT molecular complexity index is 1570. The summed E-state index contributed by atoms with van der Waals surface area (Å²) in [7, 11) is 0. The number of benzene rings is 1. The van der Waals surface area contributed by atoms with Crippen molar-refractivity contribution < 1.29 is 13.6 Å². The average Bonchev–Trinajstić information content (AvgIpc) is 3.20. The van der Waals surface area contributed by atoms with E-state index in [1.165, 1.54) is 0 Å². The number of nitrogens with zero attached hydrogens (tertiary/aromatic N) is 5. The summed E-state index contributed by atoms with van der Waals surface area (Å²) in [4.78, 5) is 41.2. The summed E-state index contributed by atoms with van der Waals surface area (Å²) in [5, 5.41) is 3.21. The lowest BCUT2D eigenvalue weighted by Gasteiger charge is -2.34. The fourth-order valence-electron chi connectivity index (χ4n) is 6.28. The van der Waals surface area contributed by atoms with Crippen molar-refractivity contribution in [2.45, 2.75) is 50.2 Å². The first-order valence-electron chi connectivity index (χ1n) is 14.1. The van der Waals surface area contributed by atoms with Crippen molar-refractivity contribution in [3.63, 3.8) is 0 Å². The summed E-state index contributed by atoms with van der Waals surface area (Å²) < 4.78 is 30.6. The van der Waals surface area contributed by atoms with E-state index in [0.717, 1.165) is 17.1 Å². The van der Waals surface area contributed by atoms with E-state index < -0.39 is 11.6 Å². The van der Waals surface area contributed by atoms with Crippen LogP contribution in [0.1, 0.15) is 48.8 Å². The maximum Gasteiger partial charge on any atom is 0.327 e. The highest BCUT2D eigenvalue weighted by molar-refractivity contribution is 5.74. The summed E-state index contributed by atoms with van der Waals surface area (Å²) >= 11 is 0. The van der Waals surface area contributed by atoms with Crippen molar-refractivity contribution >= 4 is 17.2 Å². The third kappa shape index (κ3) is 5.85. The molecule has 2 N–H and O–H groups in total. The Morgan fingerprint density at radius 1 is 1.00 bits per heavy atom. The average molecular weight is 562 g/mol. The van der Waals surface area contributed by atoms with E-state index >= 15 is 0 Å². The molecule has 0 bridgehead atoms. The van der Waals surface area contributed by atoms with Crippen LogP contribution in [0, 0.1) is 11.6 Å². The number of amides is 2. The van der Waals surface area contributed by atoms with Crippen LogP contribution in [0.25, 0.3) is 11.2 Å². The van der Waals surface area contributed by atoms with Gasteiger partial charge in [0, 0.05) is 63.4 Å². The molecular weight excluding hydrogens is 528 g/mol. The number of aromatic amines is 1. The summed E-state index contributed by atoms with van der Waals surface area (Å²) in [5.74, 6) is -1.84. The highest BCUT2D eigenvalue weighted by atomic mass is 19.2. The topological polar surface area (TPSA) is 99.1 Å². The number of imidazole rings is 1. The molecule has 2 amide bonds. The number of rotatable bonds is 5. The number of urea groups is 1. The third-order valence-corrected chi connectivity index (χ3v) is 8.31. The van der Waals surface area contributed by atoms with E-state index in [2.05, 4.69) is 25.2 Å². The van der Waals surface area contributed by atoms with Crippen molar-refractivity contribution in [3.8, 4) is 0 Å². The first-order chi connectivity index (χ1) is 20.0. The molecule has 0 aliphatic carbocycles. The molecule has 4 aromatic rings. The molecule has 2 fully saturated rings. The lowest BCUT2D eigenvalue weighted by Crippen LogP contribution is -2.50. The van der Waals surface area contributed by atoms with Gasteiger partial charge in [0.05, 0.1) is 5.52 Å². The predicted molar refractivity (Wildman–Crippen MR) is 150 cm³/mol. The second-order valence-corrected chi connectivity index (χ2v) is 11.0. The van der Waals surface area contributed by atoms with Crippen molar-refractivity contribution in [2.75, 3.05) is 26.2 Å². The largest absolute Gasteiger partial charge is 0.334 e. The van der Waals surface area contributed by atoms with Gasteiger partial charge in [0.1, 0.15) is 0 Å². The number of halogens is 2. The van der Waals surface area contributed by atoms with Crippen molar-refractivity contribution in [1.29, 1.82) is 0 Å². The van der Waals surface area contributed by atoms with Crippen LogP contribution in [0.3, 0.4) is 0 Å². The van der Waals surface area contributed by atoms with Gasteiger partial charge < -0.3 is 10.2 Å². The normalized spacial score (nSPS) is 20.7. The van der Waals surface area contributed by atoms with Gasteiger partial charge in [0.15, 0.2) is 17.3 Å². The quantitative estimate of drug-likeness (QED) is 0.381. The Hall–Kier alpha value is -4.12. The monoisotopic (exact) mass is 561 g/mol. The minimum Gasteiger partial charge on any atom is -0.334 e. The SMILES string of the molecule is O=C(N[C@@H]1CC[C@@H](c2cccc(F)c2F)CN(Cc2cccnc2)C1)N1CCC(n2c(=O)[nH]c3ncccc32)CC1. The summed E-state index contributed by atoms with van der Waals surface area (Å²) in [6.45, 7) is 2.77. The first kappa shape index (κ1) is 27.1. The second-order valence-electron chi connectivity index (χ2n) is 11.0. The Morgan fingerprint density at radius 3 is 2.63 bits per heavy atom. The molecule has 2 aliphatic heterocycles. The number of nitrogens with one attached hydrogen (secondary N) is 2. The molecule has 6 rings (SSSR count). The summed E-state index contributed by atoms with van der Waals surface area (Å²) in [6.07, 6.45) is 7.75. The van der Waals surface area contributed by atoms with Crippen molar-refractivity contribution in [1.82, 2.24) is 34.6 Å². The van der Waals surface area contributed by atoms with Crippen LogP contribution in [0.2, 0.25) is 0 Å². The number of hydrogen-bond donors (Lipinski definition) is 2. The Morgan fingerprint density at radius 2 is 1.83 bits per heavy atom. The first-order valence-corrected chi connectivity index (χ1v) is 14.1. The van der Waals surface area contributed by atoms with Gasteiger partial charge in [-0.15, -0.1) is 0 Å². The van der Waals surface area contributed by atoms with E-state index in [0.29, 0.717) is 69.6 Å². The number of carbonyl (C=O) groups is 1. The van der Waals surface area contributed by atoms with E-state index in [4.69, 9.17) is 0 Å². The molecule has 3 aromatic heterocycles. The molecule has 2 saturated heterocycles. The van der Waals surface area contributed by atoms with Gasteiger partial charge in [-0.2, -0.15) is 0 Å². The van der Waals surface area contributed by atoms with Crippen LogP contribution in [-0.4, -0.2) is 67.6 Å². The number of aromatic nitrogens is 4. The predicted octanol–water partition coefficient (Wildman–Crippen LogP) is 4.19. The van der Waals surface area contributed by atoms with Crippen LogP contribution in [-0.2, 0) is 6.54 Å². The van der Waals surface area contributed by atoms with Crippen LogP contribution >= 0.6 is 0 Å². The van der Waals surface area contributed by atoms with Crippen LogP contribution in [0.4, 0.5) is 13.6 Å². The Balaban J connectivity index is 1.13. The van der Waals surface area contributed by atoms with Gasteiger partial charge in [0.25, 0.3) is 0 Å². The van der Waals surface area contributed by atoms with Crippen molar-refractivity contribution in [2.24, 2.45) is 0 Å². The maximum absolute atomic E-state index is 14.8. The highest BCUT2D eigenvalue weighted by Crippen LogP contribution is 2.31. The molecule has 0 saturated carbocycles. The van der Waals surface area contributed by atoms with Gasteiger partial charge in [0.2, 0.25) is 0 Å². The minimum absolute atomic E-state index is 0.0146. The van der Waals surface area contributed by atoms with E-state index in [1.807, 2.05) is 24.3 Å². The fraction of sp³-hybridized carbons (Fsp3) is 0.400. The molecule has 11 heteroatoms. The number of H-pyrrole nitrogens is 1. The molecule has 0 spiro atoms. The lowest BCUT2D eigenvalue weighted by atomic mass is 9.93. The van der Waals surface area contributed by atoms with Gasteiger partial charge >= 0.3 is 11.7 Å². The molecule has 9 nitrogen and oxygen atoms in total. The second kappa shape index (κ2) is 11.8. The third-order valence-electron chi connectivity index (χ3n) is 8.31. The number of carbonyl (C=O) groups excluding carboxylic acids is 1. The Kier molecular flexibility index (Phi) is 7.78. The van der Waals surface area contributed by atoms with Gasteiger partial charge in [-0.1, -0.05) is 18.2 Å². The van der Waals surface area contributed by atoms with Gasteiger partial charge in [-0.05, 0) is 67.0 Å². The van der Waals surface area contributed by atoms with Gasteiger partial charge in [-0.25, -0.2) is 23.4 Å². The smallest absolute Gasteiger partial charge is 0.327 e. The standard InChI is InChI=1S/C30H33F2N7O2/c31-25-6-1-5-24(27(25)32)21-8-9-22(19-37(18-21)17-20-4-2-12-33-16-20)35-29(40)38-14-10-23(11-15-38)39-26-7-3-13-34-28(26)36-30(39)41/h1-7,12-13,16,21-23H,8-11,14-15,17-19H2,(H,35,40)(H,34,36,41)/t21-,22-/m1/s1. The number of hydrogen-bond acceptors (Lipinski definition) is 5. The zero-order valence-electron chi connectivity index (χ0n) is 22.7. The zero-order valence-corrected chi connectivity index (χ0v) is 22.7. The number of pyridine rings is 2.